The molecule has 1 atom stereocenters. The SMILES string of the molecule is CC(CCO)OC(=O)C(c1ccccc1)c1ccccc1. The van der Waals surface area contributed by atoms with Crippen LogP contribution < -0.4 is 0 Å². The predicted molar refractivity (Wildman–Crippen MR) is 82.0 cm³/mol. The number of aliphatic hydroxyl groups is 1. The molecule has 0 saturated heterocycles. The fourth-order valence-corrected chi connectivity index (χ4v) is 2.26. The van der Waals surface area contributed by atoms with Crippen molar-refractivity contribution in [3.05, 3.63) is 71.8 Å². The minimum absolute atomic E-state index is 0.00971. The van der Waals surface area contributed by atoms with Gasteiger partial charge in [0.1, 0.15) is 12.0 Å². The van der Waals surface area contributed by atoms with Crippen molar-refractivity contribution in [2.45, 2.75) is 25.4 Å². The lowest BCUT2D eigenvalue weighted by Crippen LogP contribution is -2.23. The van der Waals surface area contributed by atoms with Crippen molar-refractivity contribution in [3.8, 4) is 0 Å². The molecule has 2 aromatic rings. The molecule has 0 aliphatic rings. The second kappa shape index (κ2) is 7.60. The molecule has 1 N–H and O–H groups in total. The number of carbonyl (C=O) groups is 1. The molecule has 0 amide bonds. The molecule has 2 aromatic carbocycles. The molecular weight excluding hydrogens is 264 g/mol. The molecule has 0 aliphatic carbocycles. The van der Waals surface area contributed by atoms with Crippen LogP contribution in [-0.4, -0.2) is 23.8 Å². The molecule has 0 aromatic heterocycles. The van der Waals surface area contributed by atoms with Gasteiger partial charge in [0.25, 0.3) is 0 Å². The predicted octanol–water partition coefficient (Wildman–Crippen LogP) is 3.13. The summed E-state index contributed by atoms with van der Waals surface area (Å²) in [5.74, 6) is -0.720. The van der Waals surface area contributed by atoms with E-state index >= 15 is 0 Å². The Morgan fingerprint density at radius 2 is 1.48 bits per heavy atom. The van der Waals surface area contributed by atoms with E-state index in [1.165, 1.54) is 0 Å². The summed E-state index contributed by atoms with van der Waals surface area (Å²) >= 11 is 0. The second-order valence-electron chi connectivity index (χ2n) is 5.01. The second-order valence-corrected chi connectivity index (χ2v) is 5.01. The lowest BCUT2D eigenvalue weighted by molar-refractivity contribution is -0.149. The van der Waals surface area contributed by atoms with Crippen LogP contribution >= 0.6 is 0 Å². The maximum Gasteiger partial charge on any atom is 0.318 e. The Morgan fingerprint density at radius 1 is 1.00 bits per heavy atom. The summed E-state index contributed by atoms with van der Waals surface area (Å²) in [5, 5.41) is 8.93. The van der Waals surface area contributed by atoms with Crippen LogP contribution in [-0.2, 0) is 9.53 Å². The first-order valence-corrected chi connectivity index (χ1v) is 7.13. The van der Waals surface area contributed by atoms with Crippen LogP contribution in [0.5, 0.6) is 0 Å². The van der Waals surface area contributed by atoms with E-state index in [2.05, 4.69) is 0 Å². The summed E-state index contributed by atoms with van der Waals surface area (Å²) in [6.07, 6.45) is 0.152. The highest BCUT2D eigenvalue weighted by Gasteiger charge is 2.25. The summed E-state index contributed by atoms with van der Waals surface area (Å²) in [6.45, 7) is 1.80. The van der Waals surface area contributed by atoms with Crippen LogP contribution in [0.1, 0.15) is 30.4 Å². The summed E-state index contributed by atoms with van der Waals surface area (Å²) in [5.41, 5.74) is 1.81. The minimum Gasteiger partial charge on any atom is -0.462 e. The summed E-state index contributed by atoms with van der Waals surface area (Å²) in [6, 6.07) is 19.2. The number of rotatable bonds is 6. The number of benzene rings is 2. The number of carbonyl (C=O) groups excluding carboxylic acids is 1. The number of esters is 1. The molecule has 3 heteroatoms. The van der Waals surface area contributed by atoms with Gasteiger partial charge < -0.3 is 9.84 Å². The van der Waals surface area contributed by atoms with E-state index in [0.29, 0.717) is 6.42 Å². The van der Waals surface area contributed by atoms with Gasteiger partial charge in [-0.2, -0.15) is 0 Å². The maximum absolute atomic E-state index is 12.5. The molecule has 0 fully saturated rings. The highest BCUT2D eigenvalue weighted by molar-refractivity contribution is 5.82. The van der Waals surface area contributed by atoms with Gasteiger partial charge >= 0.3 is 5.97 Å². The van der Waals surface area contributed by atoms with Gasteiger partial charge in [0.05, 0.1) is 0 Å². The van der Waals surface area contributed by atoms with Gasteiger partial charge in [-0.25, -0.2) is 0 Å². The quantitative estimate of drug-likeness (QED) is 0.829. The van der Waals surface area contributed by atoms with E-state index in [4.69, 9.17) is 9.84 Å². The first-order valence-electron chi connectivity index (χ1n) is 7.13. The zero-order valence-electron chi connectivity index (χ0n) is 12.1. The molecule has 21 heavy (non-hydrogen) atoms. The third-order valence-electron chi connectivity index (χ3n) is 3.35. The van der Waals surface area contributed by atoms with Crippen molar-refractivity contribution < 1.29 is 14.6 Å². The molecule has 110 valence electrons. The molecule has 0 spiro atoms. The van der Waals surface area contributed by atoms with E-state index in [1.807, 2.05) is 60.7 Å². The molecule has 2 rings (SSSR count). The number of ether oxygens (including phenoxy) is 1. The molecule has 0 bridgehead atoms. The van der Waals surface area contributed by atoms with Crippen LogP contribution in [0.4, 0.5) is 0 Å². The van der Waals surface area contributed by atoms with Crippen molar-refractivity contribution >= 4 is 5.97 Å². The van der Waals surface area contributed by atoms with E-state index in [0.717, 1.165) is 11.1 Å². The Hall–Kier alpha value is -2.13. The van der Waals surface area contributed by atoms with E-state index in [9.17, 15) is 4.79 Å². The zero-order valence-corrected chi connectivity index (χ0v) is 12.1. The Kier molecular flexibility index (Phi) is 5.52. The molecule has 0 saturated carbocycles. The van der Waals surface area contributed by atoms with Crippen LogP contribution in [0.25, 0.3) is 0 Å². The van der Waals surface area contributed by atoms with Gasteiger partial charge in [-0.15, -0.1) is 0 Å². The van der Waals surface area contributed by atoms with Gasteiger partial charge in [0.15, 0.2) is 0 Å². The maximum atomic E-state index is 12.5. The Labute approximate surface area is 125 Å². The van der Waals surface area contributed by atoms with Crippen molar-refractivity contribution in [2.24, 2.45) is 0 Å². The van der Waals surface area contributed by atoms with E-state index < -0.39 is 5.92 Å². The lowest BCUT2D eigenvalue weighted by atomic mass is 9.91. The fraction of sp³-hybridized carbons (Fsp3) is 0.278. The van der Waals surface area contributed by atoms with Crippen LogP contribution in [0.2, 0.25) is 0 Å². The Morgan fingerprint density at radius 3 is 1.90 bits per heavy atom. The van der Waals surface area contributed by atoms with Crippen LogP contribution in [0, 0.1) is 0 Å². The number of aliphatic hydroxyl groups excluding tert-OH is 1. The molecule has 0 heterocycles. The third-order valence-corrected chi connectivity index (χ3v) is 3.35. The Balaban J connectivity index is 2.27. The topological polar surface area (TPSA) is 46.5 Å². The highest BCUT2D eigenvalue weighted by atomic mass is 16.5. The Bertz CT molecular complexity index is 512. The number of hydrogen-bond acceptors (Lipinski definition) is 3. The lowest BCUT2D eigenvalue weighted by Gasteiger charge is -2.20. The molecule has 0 aliphatic heterocycles. The van der Waals surface area contributed by atoms with Crippen LogP contribution in [0.15, 0.2) is 60.7 Å². The van der Waals surface area contributed by atoms with E-state index in [1.54, 1.807) is 6.92 Å². The smallest absolute Gasteiger partial charge is 0.318 e. The van der Waals surface area contributed by atoms with Gasteiger partial charge in [0.2, 0.25) is 0 Å². The average molecular weight is 284 g/mol. The van der Waals surface area contributed by atoms with Gasteiger partial charge in [-0.1, -0.05) is 60.7 Å². The van der Waals surface area contributed by atoms with Crippen molar-refractivity contribution in [1.29, 1.82) is 0 Å². The van der Waals surface area contributed by atoms with Crippen molar-refractivity contribution in [3.63, 3.8) is 0 Å². The first-order chi connectivity index (χ1) is 10.2. The number of hydrogen-bond donors (Lipinski definition) is 1. The average Bonchev–Trinajstić information content (AvgIpc) is 2.50. The molecule has 1 unspecified atom stereocenters. The summed E-state index contributed by atoms with van der Waals surface area (Å²) < 4.78 is 5.46. The largest absolute Gasteiger partial charge is 0.462 e. The van der Waals surface area contributed by atoms with E-state index in [-0.39, 0.29) is 18.7 Å². The standard InChI is InChI=1S/C18H20O3/c1-14(12-13-19)21-18(20)17(15-8-4-2-5-9-15)16-10-6-3-7-11-16/h2-11,14,17,19H,12-13H2,1H3. The normalized spacial score (nSPS) is 12.1. The van der Waals surface area contributed by atoms with Gasteiger partial charge in [-0.3, -0.25) is 4.79 Å². The van der Waals surface area contributed by atoms with Crippen molar-refractivity contribution in [1.82, 2.24) is 0 Å². The van der Waals surface area contributed by atoms with Crippen LogP contribution in [0.3, 0.4) is 0 Å². The third kappa shape index (κ3) is 4.17. The molecule has 0 radical (unpaired) electrons. The minimum atomic E-state index is -0.437. The molecule has 3 nitrogen and oxygen atoms in total. The highest BCUT2D eigenvalue weighted by Crippen LogP contribution is 2.26. The van der Waals surface area contributed by atoms with Gasteiger partial charge in [0, 0.05) is 13.0 Å². The monoisotopic (exact) mass is 284 g/mol. The van der Waals surface area contributed by atoms with Gasteiger partial charge in [-0.05, 0) is 18.1 Å². The summed E-state index contributed by atoms with van der Waals surface area (Å²) in [4.78, 5) is 12.5. The summed E-state index contributed by atoms with van der Waals surface area (Å²) in [7, 11) is 0. The van der Waals surface area contributed by atoms with Crippen molar-refractivity contribution in [2.75, 3.05) is 6.61 Å². The fourth-order valence-electron chi connectivity index (χ4n) is 2.26. The first kappa shape index (κ1) is 15.3. The molecular formula is C18H20O3. The zero-order chi connectivity index (χ0) is 15.1.